The van der Waals surface area contributed by atoms with Crippen LogP contribution in [0.25, 0.3) is 0 Å². The van der Waals surface area contributed by atoms with Crippen molar-refractivity contribution in [3.05, 3.63) is 0 Å². The first kappa shape index (κ1) is 49.5. The Bertz CT molecular complexity index is 217. The number of hydrogen-bond acceptors (Lipinski definition) is 12. The van der Waals surface area contributed by atoms with E-state index in [-0.39, 0.29) is 44.7 Å². The van der Waals surface area contributed by atoms with Gasteiger partial charge in [-0.3, -0.25) is 0 Å². The Kier molecular flexibility index (Phi) is 291. The third-order valence-electron chi connectivity index (χ3n) is 0.333. The second-order valence-corrected chi connectivity index (χ2v) is 2.25. The van der Waals surface area contributed by atoms with Crippen LogP contribution in [0.2, 0.25) is 0 Å². The van der Waals surface area contributed by atoms with Crippen molar-refractivity contribution in [1.29, 1.82) is 21.0 Å². The zero-order valence-electron chi connectivity index (χ0n) is 11.6. The summed E-state index contributed by atoms with van der Waals surface area (Å²) in [4.78, 5) is 0. The second kappa shape index (κ2) is 129. The number of nitrogens with zero attached hydrogens (tertiary/aromatic N) is 4. The number of nitrogens with two attached hydrogens (primary N) is 4. The smallest absolute Gasteiger partial charge is 0.696 e. The fourth-order valence-corrected chi connectivity index (χ4v) is 0. The summed E-state index contributed by atoms with van der Waals surface area (Å²) in [7, 11) is 0. The van der Waals surface area contributed by atoms with Crippen LogP contribution < -0.4 is 22.9 Å². The summed E-state index contributed by atoms with van der Waals surface area (Å²) in [6.07, 6.45) is 0. The van der Waals surface area contributed by atoms with E-state index in [0.29, 0.717) is 26.2 Å². The Morgan fingerprint density at radius 3 is 0.591 bits per heavy atom. The molecule has 14 heteroatoms. The zero-order chi connectivity index (χ0) is 17.7. The van der Waals surface area contributed by atoms with E-state index in [2.05, 4.69) is 50.5 Å². The van der Waals surface area contributed by atoms with Crippen molar-refractivity contribution in [1.82, 2.24) is 0 Å². The molecule has 0 heterocycles. The monoisotopic (exact) mass is 610 g/mol. The van der Waals surface area contributed by atoms with E-state index in [1.54, 1.807) is 0 Å². The first-order chi connectivity index (χ1) is 9.49. The predicted octanol–water partition coefficient (Wildman–Crippen LogP) is -2.14. The third-order valence-corrected chi connectivity index (χ3v) is 0.333. The normalized spacial score (nSPS) is 4.00. The van der Waals surface area contributed by atoms with Crippen molar-refractivity contribution in [2.45, 2.75) is 0 Å². The molecule has 0 aromatic carbocycles. The Morgan fingerprint density at radius 2 is 0.591 bits per heavy atom. The van der Waals surface area contributed by atoms with Crippen molar-refractivity contribution >= 4 is 50.5 Å². The fraction of sp³-hybridized carbons (Fsp3) is 0.500. The van der Waals surface area contributed by atoms with Crippen LogP contribution in [-0.4, -0.2) is 26.2 Å². The van der Waals surface area contributed by atoms with E-state index in [0.717, 1.165) is 0 Å². The predicted molar refractivity (Wildman–Crippen MR) is 88.1 cm³/mol. The van der Waals surface area contributed by atoms with Gasteiger partial charge in [-0.2, -0.15) is 0 Å². The first-order valence-electron chi connectivity index (χ1n) is 4.34. The molecular weight excluding hydrogens is 593 g/mol. The molecule has 0 aliphatic rings. The summed E-state index contributed by atoms with van der Waals surface area (Å²) in [5, 5.41) is 33.9. The summed E-state index contributed by atoms with van der Waals surface area (Å²) in [6, 6.07) is 0. The molecule has 0 aromatic heterocycles. The van der Waals surface area contributed by atoms with Gasteiger partial charge in [0, 0.05) is 26.2 Å². The van der Waals surface area contributed by atoms with Crippen LogP contribution in [0.15, 0.2) is 0 Å². The minimum atomic E-state index is 0. The van der Waals surface area contributed by atoms with Gasteiger partial charge in [-0.05, 0) is 0 Å². The zero-order valence-corrected chi connectivity index (χ0v) is 21.5. The van der Waals surface area contributed by atoms with Crippen molar-refractivity contribution in [3.8, 4) is 21.6 Å². The molecule has 0 rings (SSSR count). The Labute approximate surface area is 185 Å². The molecule has 0 atom stereocenters. The van der Waals surface area contributed by atoms with Crippen molar-refractivity contribution in [2.75, 3.05) is 26.2 Å². The molecular formula is C8H16FeHgN8S4. The molecule has 8 nitrogen and oxygen atoms in total. The molecule has 0 unspecified atom stereocenters. The molecule has 8 N–H and O–H groups in total. The Morgan fingerprint density at radius 1 is 0.545 bits per heavy atom. The minimum Gasteiger partial charge on any atom is -0.696 e. The van der Waals surface area contributed by atoms with E-state index < -0.39 is 0 Å². The molecule has 122 valence electrons. The standard InChI is InChI=1S/2C2H8N2.4CHNS.Fe.Hg/c2*3-1-2-4;4*2-1-3;;/h2*1-4H2;4*3H;;/q;;;;;;2*+2/p-4. The van der Waals surface area contributed by atoms with Crippen molar-refractivity contribution in [3.63, 3.8) is 0 Å². The first-order valence-corrected chi connectivity index (χ1v) is 5.98. The van der Waals surface area contributed by atoms with Gasteiger partial charge in [0.05, 0.1) is 0 Å². The van der Waals surface area contributed by atoms with Gasteiger partial charge in [0.1, 0.15) is 0 Å². The number of rotatable bonds is 2. The van der Waals surface area contributed by atoms with Crippen LogP contribution in [0.3, 0.4) is 0 Å². The Balaban J connectivity index is -0.0000000176. The molecule has 0 aliphatic carbocycles. The van der Waals surface area contributed by atoms with E-state index >= 15 is 0 Å². The minimum absolute atomic E-state index is 0. The molecule has 0 aliphatic heterocycles. The molecule has 0 saturated heterocycles. The van der Waals surface area contributed by atoms with Crippen LogP contribution in [0.4, 0.5) is 0 Å². The van der Waals surface area contributed by atoms with Gasteiger partial charge in [-0.1, -0.05) is 21.6 Å². The van der Waals surface area contributed by atoms with Crippen LogP contribution in [0.1, 0.15) is 0 Å². The average Bonchev–Trinajstić information content (AvgIpc) is 2.42. The van der Waals surface area contributed by atoms with E-state index in [1.807, 2.05) is 0 Å². The maximum atomic E-state index is 7.13. The second-order valence-electron chi connectivity index (χ2n) is 1.52. The summed E-state index contributed by atoms with van der Waals surface area (Å²) < 4.78 is 0. The number of nitriles is 4. The largest absolute Gasteiger partial charge is 2.00 e. The Hall–Kier alpha value is 0.135. The van der Waals surface area contributed by atoms with E-state index in [9.17, 15) is 0 Å². The molecule has 0 saturated carbocycles. The van der Waals surface area contributed by atoms with Gasteiger partial charge >= 0.3 is 44.7 Å². The molecule has 0 spiro atoms. The van der Waals surface area contributed by atoms with Gasteiger partial charge in [-0.25, -0.2) is 21.0 Å². The van der Waals surface area contributed by atoms with Crippen molar-refractivity contribution in [2.24, 2.45) is 22.9 Å². The fourth-order valence-electron chi connectivity index (χ4n) is 0. The molecule has 0 aromatic rings. The van der Waals surface area contributed by atoms with Crippen molar-refractivity contribution < 1.29 is 44.7 Å². The van der Waals surface area contributed by atoms with Gasteiger partial charge in [-0.15, -0.1) is 0 Å². The SMILES string of the molecule is N#C[S-].N#C[S-].N#C[S-].N#C[S-].NCCN.NCCN.[Fe+2].[Hg+2]. The molecule has 0 amide bonds. The average molecular weight is 609 g/mol. The topological polar surface area (TPSA) is 199 Å². The summed E-state index contributed by atoms with van der Waals surface area (Å²) >= 11 is 14.8. The summed E-state index contributed by atoms with van der Waals surface area (Å²) in [6.45, 7) is 2.39. The van der Waals surface area contributed by atoms with Crippen LogP contribution in [-0.2, 0) is 95.3 Å². The number of thiocyanates is 4. The quantitative estimate of drug-likeness (QED) is 0.151. The van der Waals surface area contributed by atoms with Gasteiger partial charge < -0.3 is 73.4 Å². The summed E-state index contributed by atoms with van der Waals surface area (Å²) in [5.41, 5.74) is 19.6. The van der Waals surface area contributed by atoms with E-state index in [4.69, 9.17) is 44.0 Å². The van der Waals surface area contributed by atoms with Gasteiger partial charge in [0.2, 0.25) is 0 Å². The summed E-state index contributed by atoms with van der Waals surface area (Å²) in [5.74, 6) is 0. The molecule has 0 radical (unpaired) electrons. The maximum absolute atomic E-state index is 7.13. The molecule has 22 heavy (non-hydrogen) atoms. The van der Waals surface area contributed by atoms with Crippen LogP contribution in [0.5, 0.6) is 0 Å². The van der Waals surface area contributed by atoms with Gasteiger partial charge in [0.25, 0.3) is 0 Å². The maximum Gasteiger partial charge on any atom is 2.00 e. The van der Waals surface area contributed by atoms with E-state index in [1.165, 1.54) is 21.6 Å². The van der Waals surface area contributed by atoms with Gasteiger partial charge in [0.15, 0.2) is 0 Å². The molecule has 0 fully saturated rings. The third kappa shape index (κ3) is 1620. The van der Waals surface area contributed by atoms with Crippen LogP contribution >= 0.6 is 0 Å². The molecule has 0 bridgehead atoms. The number of hydrogen-bond donors (Lipinski definition) is 4. The van der Waals surface area contributed by atoms with Crippen LogP contribution in [0, 0.1) is 42.7 Å².